The molecule has 2 aromatic heterocycles. The van der Waals surface area contributed by atoms with Crippen molar-refractivity contribution in [1.29, 1.82) is 0 Å². The zero-order chi connectivity index (χ0) is 19.4. The van der Waals surface area contributed by atoms with Crippen molar-refractivity contribution in [2.75, 3.05) is 0 Å². The van der Waals surface area contributed by atoms with Crippen LogP contribution in [0.15, 0.2) is 45.6 Å². The fourth-order valence-corrected chi connectivity index (χ4v) is 2.99. The third kappa shape index (κ3) is 3.54. The van der Waals surface area contributed by atoms with Gasteiger partial charge in [0, 0.05) is 18.0 Å². The van der Waals surface area contributed by atoms with Crippen LogP contribution in [0.1, 0.15) is 13.3 Å². The van der Waals surface area contributed by atoms with Crippen molar-refractivity contribution in [1.82, 2.24) is 9.55 Å². The molecule has 0 radical (unpaired) electrons. The summed E-state index contributed by atoms with van der Waals surface area (Å²) in [6.07, 6.45) is -4.40. The topological polar surface area (TPSA) is 57.3 Å². The van der Waals surface area contributed by atoms with Gasteiger partial charge < -0.3 is 9.15 Å². The number of benzene rings is 1. The highest BCUT2D eigenvalue weighted by molar-refractivity contribution is 5.73. The van der Waals surface area contributed by atoms with Gasteiger partial charge in [-0.2, -0.15) is 0 Å². The summed E-state index contributed by atoms with van der Waals surface area (Å²) in [7, 11) is 0. The summed E-state index contributed by atoms with van der Waals surface area (Å²) in [6.45, 7) is 1.64. The van der Waals surface area contributed by atoms with Crippen molar-refractivity contribution in [3.63, 3.8) is 0 Å². The van der Waals surface area contributed by atoms with Crippen molar-refractivity contribution in [2.45, 2.75) is 31.9 Å². The van der Waals surface area contributed by atoms with Crippen LogP contribution in [0.25, 0.3) is 22.5 Å². The van der Waals surface area contributed by atoms with Crippen LogP contribution in [0.2, 0.25) is 0 Å². The monoisotopic (exact) mass is 382 g/mol. The number of alkyl halides is 4. The number of ether oxygens (including phenoxy) is 1. The van der Waals surface area contributed by atoms with E-state index in [1.807, 2.05) is 0 Å². The number of hydrogen-bond acceptors (Lipinski definition) is 4. The van der Waals surface area contributed by atoms with Crippen LogP contribution < -0.4 is 10.5 Å². The van der Waals surface area contributed by atoms with Gasteiger partial charge in [0.25, 0.3) is 0 Å². The fourth-order valence-electron chi connectivity index (χ4n) is 2.99. The number of halogens is 4. The normalized spacial score (nSPS) is 22.2. The number of aromatic nitrogens is 2. The van der Waals surface area contributed by atoms with Crippen molar-refractivity contribution in [3.05, 3.63) is 46.9 Å². The largest absolute Gasteiger partial charge is 0.573 e. The van der Waals surface area contributed by atoms with E-state index in [4.69, 9.17) is 4.42 Å². The van der Waals surface area contributed by atoms with E-state index in [9.17, 15) is 22.4 Å². The second-order valence-electron chi connectivity index (χ2n) is 6.75. The Labute approximate surface area is 150 Å². The van der Waals surface area contributed by atoms with E-state index in [0.717, 1.165) is 0 Å². The molecule has 0 aliphatic heterocycles. The van der Waals surface area contributed by atoms with Crippen LogP contribution in [0.3, 0.4) is 0 Å². The van der Waals surface area contributed by atoms with Gasteiger partial charge in [0.15, 0.2) is 11.2 Å². The lowest BCUT2D eigenvalue weighted by Crippen LogP contribution is -2.18. The Morgan fingerprint density at radius 2 is 1.93 bits per heavy atom. The molecule has 0 bridgehead atoms. The van der Waals surface area contributed by atoms with Gasteiger partial charge in [0.2, 0.25) is 0 Å². The fraction of sp³-hybridized carbons (Fsp3) is 0.333. The van der Waals surface area contributed by atoms with E-state index in [2.05, 4.69) is 9.72 Å². The maximum Gasteiger partial charge on any atom is 0.573 e. The maximum atomic E-state index is 13.8. The van der Waals surface area contributed by atoms with Gasteiger partial charge in [-0.1, -0.05) is 0 Å². The SMILES string of the molecule is CC1(F)C[C@@H]1Cn1c(=O)oc2ccc(-c3ccc(OC(F)(F)F)cc3)nc21. The number of pyridine rings is 1. The van der Waals surface area contributed by atoms with Crippen LogP contribution in [0, 0.1) is 5.92 Å². The maximum absolute atomic E-state index is 13.8. The second-order valence-corrected chi connectivity index (χ2v) is 6.75. The lowest BCUT2D eigenvalue weighted by Gasteiger charge is -2.09. The summed E-state index contributed by atoms with van der Waals surface area (Å²) in [5.74, 6) is -1.24. The van der Waals surface area contributed by atoms with Gasteiger partial charge in [-0.3, -0.25) is 4.57 Å². The van der Waals surface area contributed by atoms with Gasteiger partial charge in [0.1, 0.15) is 11.4 Å². The molecule has 0 amide bonds. The van der Waals surface area contributed by atoms with Crippen LogP contribution in [0.5, 0.6) is 5.75 Å². The number of rotatable bonds is 4. The summed E-state index contributed by atoms with van der Waals surface area (Å²) in [6, 6.07) is 8.35. The zero-order valence-electron chi connectivity index (χ0n) is 14.1. The first-order valence-electron chi connectivity index (χ1n) is 8.18. The van der Waals surface area contributed by atoms with E-state index in [0.29, 0.717) is 17.7 Å². The zero-order valence-corrected chi connectivity index (χ0v) is 14.1. The summed E-state index contributed by atoms with van der Waals surface area (Å²) >= 11 is 0. The molecule has 9 heteroatoms. The minimum Gasteiger partial charge on any atom is -0.406 e. The average molecular weight is 382 g/mol. The predicted octanol–water partition coefficient (Wildman–Crippen LogP) is 4.30. The average Bonchev–Trinajstić information content (AvgIpc) is 3.05. The van der Waals surface area contributed by atoms with Crippen LogP contribution in [-0.4, -0.2) is 21.6 Å². The lowest BCUT2D eigenvalue weighted by atomic mass is 10.1. The molecular weight excluding hydrogens is 368 g/mol. The minimum atomic E-state index is -4.76. The standard InChI is InChI=1S/C18H14F4N2O3/c1-17(19)8-11(17)9-24-15-14(26-16(24)25)7-6-13(23-15)10-2-4-12(5-3-10)27-18(20,21)22/h2-7,11H,8-9H2,1H3/t11-,17?/m1/s1. The third-order valence-corrected chi connectivity index (χ3v) is 4.64. The van der Waals surface area contributed by atoms with E-state index in [-0.39, 0.29) is 29.4 Å². The summed E-state index contributed by atoms with van der Waals surface area (Å²) in [5, 5.41) is 0. The van der Waals surface area contributed by atoms with Crippen molar-refractivity contribution in [3.8, 4) is 17.0 Å². The van der Waals surface area contributed by atoms with E-state index >= 15 is 0 Å². The Morgan fingerprint density at radius 1 is 1.26 bits per heavy atom. The molecule has 2 heterocycles. The molecule has 1 saturated carbocycles. The molecule has 5 nitrogen and oxygen atoms in total. The summed E-state index contributed by atoms with van der Waals surface area (Å²) in [5.41, 5.74) is 0.218. The lowest BCUT2D eigenvalue weighted by molar-refractivity contribution is -0.274. The Kier molecular flexibility index (Phi) is 3.79. The predicted molar refractivity (Wildman–Crippen MR) is 88.0 cm³/mol. The van der Waals surface area contributed by atoms with Crippen LogP contribution in [0.4, 0.5) is 17.6 Å². The molecule has 1 aliphatic carbocycles. The molecule has 0 N–H and O–H groups in total. The van der Waals surface area contributed by atoms with Crippen molar-refractivity contribution >= 4 is 11.2 Å². The molecule has 27 heavy (non-hydrogen) atoms. The first kappa shape index (κ1) is 17.6. The number of oxazole rings is 1. The van der Waals surface area contributed by atoms with E-state index < -0.39 is 17.8 Å². The molecule has 2 atom stereocenters. The quantitative estimate of drug-likeness (QED) is 0.632. The molecule has 1 aliphatic rings. The highest BCUT2D eigenvalue weighted by Crippen LogP contribution is 2.47. The molecule has 4 rings (SSSR count). The van der Waals surface area contributed by atoms with Crippen LogP contribution in [-0.2, 0) is 6.54 Å². The number of hydrogen-bond donors (Lipinski definition) is 0. The van der Waals surface area contributed by atoms with Crippen molar-refractivity contribution < 1.29 is 26.7 Å². The van der Waals surface area contributed by atoms with Gasteiger partial charge >= 0.3 is 12.1 Å². The van der Waals surface area contributed by atoms with Gasteiger partial charge in [-0.25, -0.2) is 14.2 Å². The molecule has 0 spiro atoms. The first-order chi connectivity index (χ1) is 12.6. The van der Waals surface area contributed by atoms with Crippen LogP contribution >= 0.6 is 0 Å². The van der Waals surface area contributed by atoms with E-state index in [1.54, 1.807) is 12.1 Å². The Hall–Kier alpha value is -2.84. The minimum absolute atomic E-state index is 0.160. The van der Waals surface area contributed by atoms with Gasteiger partial charge in [0.05, 0.1) is 5.69 Å². The van der Waals surface area contributed by atoms with Gasteiger partial charge in [-0.05, 0) is 49.7 Å². The Bertz CT molecular complexity index is 1050. The molecule has 1 unspecified atom stereocenters. The first-order valence-corrected chi connectivity index (χ1v) is 8.18. The summed E-state index contributed by atoms with van der Waals surface area (Å²) in [4.78, 5) is 16.4. The molecule has 1 fully saturated rings. The summed E-state index contributed by atoms with van der Waals surface area (Å²) < 4.78 is 60.8. The van der Waals surface area contributed by atoms with Crippen molar-refractivity contribution in [2.24, 2.45) is 5.92 Å². The number of nitrogens with zero attached hydrogens (tertiary/aromatic N) is 2. The third-order valence-electron chi connectivity index (χ3n) is 4.64. The highest BCUT2D eigenvalue weighted by atomic mass is 19.4. The number of fused-ring (bicyclic) bond motifs is 1. The van der Waals surface area contributed by atoms with E-state index in [1.165, 1.54) is 35.8 Å². The Morgan fingerprint density at radius 3 is 2.52 bits per heavy atom. The Balaban J connectivity index is 1.66. The molecular formula is C18H14F4N2O3. The molecule has 142 valence electrons. The second kappa shape index (κ2) is 5.83. The highest BCUT2D eigenvalue weighted by Gasteiger charge is 2.51. The molecule has 1 aromatic carbocycles. The van der Waals surface area contributed by atoms with Gasteiger partial charge in [-0.15, -0.1) is 13.2 Å². The molecule has 0 saturated heterocycles. The smallest absolute Gasteiger partial charge is 0.406 e. The molecule has 3 aromatic rings.